The largest absolute Gasteiger partial charge is 0.496 e. The third kappa shape index (κ3) is 3.90. The van der Waals surface area contributed by atoms with Gasteiger partial charge in [-0.25, -0.2) is 4.79 Å². The van der Waals surface area contributed by atoms with E-state index in [0.29, 0.717) is 33.9 Å². The van der Waals surface area contributed by atoms with Gasteiger partial charge in [-0.2, -0.15) is 5.26 Å². The van der Waals surface area contributed by atoms with Crippen LogP contribution in [0.2, 0.25) is 0 Å². The van der Waals surface area contributed by atoms with Crippen molar-refractivity contribution in [1.82, 2.24) is 0 Å². The average Bonchev–Trinajstić information content (AvgIpc) is 2.65. The molecule has 0 saturated carbocycles. The van der Waals surface area contributed by atoms with Gasteiger partial charge in [-0.05, 0) is 29.8 Å². The van der Waals surface area contributed by atoms with E-state index in [9.17, 15) is 10.1 Å². The molecule has 1 N–H and O–H groups in total. The molecule has 2 aromatic rings. The number of hydrogen-bond acceptors (Lipinski definition) is 5. The SMILES string of the molecule is COc1cc(OC)c(OC)cc1C=C(C#N)c1ccc(C(=O)O)cc1. The van der Waals surface area contributed by atoms with E-state index in [1.807, 2.05) is 0 Å². The van der Waals surface area contributed by atoms with Crippen molar-refractivity contribution in [3.05, 3.63) is 53.1 Å². The van der Waals surface area contributed by atoms with Gasteiger partial charge in [-0.15, -0.1) is 0 Å². The van der Waals surface area contributed by atoms with Crippen LogP contribution in [0, 0.1) is 11.3 Å². The summed E-state index contributed by atoms with van der Waals surface area (Å²) in [5.74, 6) is 0.525. The van der Waals surface area contributed by atoms with Gasteiger partial charge in [-0.1, -0.05) is 12.1 Å². The molecule has 0 amide bonds. The van der Waals surface area contributed by atoms with E-state index < -0.39 is 5.97 Å². The van der Waals surface area contributed by atoms with E-state index in [4.69, 9.17) is 19.3 Å². The van der Waals surface area contributed by atoms with Crippen LogP contribution in [0.3, 0.4) is 0 Å². The fraction of sp³-hybridized carbons (Fsp3) is 0.158. The minimum absolute atomic E-state index is 0.157. The van der Waals surface area contributed by atoms with Crippen LogP contribution < -0.4 is 14.2 Å². The van der Waals surface area contributed by atoms with Gasteiger partial charge in [0, 0.05) is 11.6 Å². The highest BCUT2D eigenvalue weighted by Crippen LogP contribution is 2.36. The maximum absolute atomic E-state index is 10.9. The van der Waals surface area contributed by atoms with Crippen LogP contribution in [0.15, 0.2) is 36.4 Å². The Kier molecular flexibility index (Phi) is 5.64. The molecule has 0 unspecified atom stereocenters. The molecule has 0 saturated heterocycles. The van der Waals surface area contributed by atoms with Gasteiger partial charge in [0.15, 0.2) is 11.5 Å². The first kappa shape index (κ1) is 17.9. The number of hydrogen-bond donors (Lipinski definition) is 1. The highest BCUT2D eigenvalue weighted by molar-refractivity contribution is 5.93. The summed E-state index contributed by atoms with van der Waals surface area (Å²) in [6.07, 6.45) is 1.65. The minimum atomic E-state index is -1.02. The lowest BCUT2D eigenvalue weighted by Gasteiger charge is -2.12. The summed E-state index contributed by atoms with van der Waals surface area (Å²) in [6.45, 7) is 0. The molecule has 0 aliphatic rings. The van der Waals surface area contributed by atoms with Gasteiger partial charge in [0.1, 0.15) is 5.75 Å². The second kappa shape index (κ2) is 7.88. The van der Waals surface area contributed by atoms with E-state index in [1.165, 1.54) is 33.5 Å². The summed E-state index contributed by atoms with van der Waals surface area (Å²) < 4.78 is 15.9. The van der Waals surface area contributed by atoms with Crippen LogP contribution in [-0.2, 0) is 0 Å². The first-order valence-electron chi connectivity index (χ1n) is 7.29. The van der Waals surface area contributed by atoms with Crippen LogP contribution in [0.25, 0.3) is 11.6 Å². The molecule has 0 heterocycles. The molecule has 0 aliphatic heterocycles. The Hall–Kier alpha value is -3.46. The highest BCUT2D eigenvalue weighted by Gasteiger charge is 2.12. The molecule has 25 heavy (non-hydrogen) atoms. The maximum atomic E-state index is 10.9. The molecule has 0 aromatic heterocycles. The van der Waals surface area contributed by atoms with Crippen molar-refractivity contribution in [2.45, 2.75) is 0 Å². The molecule has 0 radical (unpaired) electrons. The van der Waals surface area contributed by atoms with Crippen LogP contribution in [0.1, 0.15) is 21.5 Å². The van der Waals surface area contributed by atoms with E-state index in [1.54, 1.807) is 30.3 Å². The zero-order chi connectivity index (χ0) is 18.4. The summed E-state index contributed by atoms with van der Waals surface area (Å²) in [6, 6.07) is 11.6. The number of carboxylic acid groups (broad SMARTS) is 1. The number of rotatable bonds is 6. The number of benzene rings is 2. The Labute approximate surface area is 145 Å². The van der Waals surface area contributed by atoms with Gasteiger partial charge in [-0.3, -0.25) is 0 Å². The summed E-state index contributed by atoms with van der Waals surface area (Å²) in [5.41, 5.74) is 1.76. The molecule has 6 heteroatoms. The molecular weight excluding hydrogens is 322 g/mol. The van der Waals surface area contributed by atoms with Crippen LogP contribution in [-0.4, -0.2) is 32.4 Å². The second-order valence-electron chi connectivity index (χ2n) is 5.00. The zero-order valence-electron chi connectivity index (χ0n) is 14.1. The fourth-order valence-corrected chi connectivity index (χ4v) is 2.29. The number of allylic oxidation sites excluding steroid dienone is 1. The Bertz CT molecular complexity index is 847. The Morgan fingerprint density at radius 2 is 1.48 bits per heavy atom. The lowest BCUT2D eigenvalue weighted by atomic mass is 10.0. The molecule has 0 aliphatic carbocycles. The average molecular weight is 339 g/mol. The minimum Gasteiger partial charge on any atom is -0.496 e. The number of methoxy groups -OCH3 is 3. The molecule has 0 spiro atoms. The molecule has 128 valence electrons. The standard InChI is InChI=1S/C19H17NO5/c1-23-16-10-18(25-3)17(24-2)9-14(16)8-15(11-20)12-4-6-13(7-5-12)19(21)22/h4-10H,1-3H3,(H,21,22). The van der Waals surface area contributed by atoms with Crippen LogP contribution in [0.4, 0.5) is 0 Å². The number of carbonyl (C=O) groups is 1. The van der Waals surface area contributed by atoms with Crippen LogP contribution in [0.5, 0.6) is 17.2 Å². The lowest BCUT2D eigenvalue weighted by molar-refractivity contribution is 0.0697. The van der Waals surface area contributed by atoms with Crippen LogP contribution >= 0.6 is 0 Å². The first-order chi connectivity index (χ1) is 12.0. The van der Waals surface area contributed by atoms with Gasteiger partial charge >= 0.3 is 5.97 Å². The Balaban J connectivity index is 2.52. The maximum Gasteiger partial charge on any atom is 0.335 e. The van der Waals surface area contributed by atoms with Crippen molar-refractivity contribution in [1.29, 1.82) is 5.26 Å². The summed E-state index contributed by atoms with van der Waals surface area (Å²) in [5, 5.41) is 18.4. The van der Waals surface area contributed by atoms with E-state index in [-0.39, 0.29) is 5.56 Å². The topological polar surface area (TPSA) is 88.8 Å². The van der Waals surface area contributed by atoms with E-state index >= 15 is 0 Å². The molecule has 6 nitrogen and oxygen atoms in total. The smallest absolute Gasteiger partial charge is 0.335 e. The van der Waals surface area contributed by atoms with Gasteiger partial charge in [0.05, 0.1) is 38.5 Å². The van der Waals surface area contributed by atoms with Crippen molar-refractivity contribution in [2.24, 2.45) is 0 Å². The van der Waals surface area contributed by atoms with Gasteiger partial charge in [0.25, 0.3) is 0 Å². The first-order valence-corrected chi connectivity index (χ1v) is 7.29. The van der Waals surface area contributed by atoms with Crippen molar-refractivity contribution < 1.29 is 24.1 Å². The lowest BCUT2D eigenvalue weighted by Crippen LogP contribution is -1.96. The molecule has 0 atom stereocenters. The van der Waals surface area contributed by atoms with Crippen molar-refractivity contribution >= 4 is 17.6 Å². The predicted octanol–water partition coefficient (Wildman–Crippen LogP) is 3.47. The number of nitrogens with zero attached hydrogens (tertiary/aromatic N) is 1. The van der Waals surface area contributed by atoms with Crippen molar-refractivity contribution in [3.8, 4) is 23.3 Å². The number of aromatic carboxylic acids is 1. The molecule has 2 rings (SSSR count). The number of ether oxygens (including phenoxy) is 3. The Morgan fingerprint density at radius 3 is 1.96 bits per heavy atom. The zero-order valence-corrected chi connectivity index (χ0v) is 14.1. The van der Waals surface area contributed by atoms with Gasteiger partial charge in [0.2, 0.25) is 0 Å². The normalized spacial score (nSPS) is 10.7. The second-order valence-corrected chi connectivity index (χ2v) is 5.00. The molecule has 0 fully saturated rings. The number of nitriles is 1. The quantitative estimate of drug-likeness (QED) is 0.640. The van der Waals surface area contributed by atoms with E-state index in [2.05, 4.69) is 6.07 Å². The molecule has 2 aromatic carbocycles. The van der Waals surface area contributed by atoms with Crippen molar-refractivity contribution in [2.75, 3.05) is 21.3 Å². The highest BCUT2D eigenvalue weighted by atomic mass is 16.5. The van der Waals surface area contributed by atoms with Gasteiger partial charge < -0.3 is 19.3 Å². The third-order valence-corrected chi connectivity index (χ3v) is 3.60. The summed E-state index contributed by atoms with van der Waals surface area (Å²) >= 11 is 0. The Morgan fingerprint density at radius 1 is 0.960 bits per heavy atom. The van der Waals surface area contributed by atoms with E-state index in [0.717, 1.165) is 0 Å². The van der Waals surface area contributed by atoms with Crippen molar-refractivity contribution in [3.63, 3.8) is 0 Å². The fourth-order valence-electron chi connectivity index (χ4n) is 2.29. The third-order valence-electron chi connectivity index (χ3n) is 3.60. The molecular formula is C19H17NO5. The molecule has 0 bridgehead atoms. The number of carboxylic acids is 1. The summed E-state index contributed by atoms with van der Waals surface area (Å²) in [4.78, 5) is 10.9. The summed E-state index contributed by atoms with van der Waals surface area (Å²) in [7, 11) is 4.57. The monoisotopic (exact) mass is 339 g/mol. The predicted molar refractivity (Wildman–Crippen MR) is 93.0 cm³/mol.